The molecular weight excluding hydrogens is 154 g/mol. The first-order valence-corrected chi connectivity index (χ1v) is 4.49. The average molecular weight is 173 g/mol. The molecule has 1 heterocycles. The fourth-order valence-electron chi connectivity index (χ4n) is 1.10. The number of ether oxygens (including phenoxy) is 2. The zero-order valence-electron chi connectivity index (χ0n) is 8.17. The van der Waals surface area contributed by atoms with Crippen LogP contribution in [0.2, 0.25) is 0 Å². The molecule has 1 unspecified atom stereocenters. The van der Waals surface area contributed by atoms with Gasteiger partial charge in [-0.1, -0.05) is 20.8 Å². The van der Waals surface area contributed by atoms with Gasteiger partial charge in [0.1, 0.15) is 0 Å². The van der Waals surface area contributed by atoms with E-state index in [-0.39, 0.29) is 17.7 Å². The molecule has 0 spiro atoms. The zero-order valence-corrected chi connectivity index (χ0v) is 8.17. The Balaban J connectivity index is 2.30. The Labute approximate surface area is 74.2 Å². The van der Waals surface area contributed by atoms with Gasteiger partial charge >= 0.3 is 0 Å². The quantitative estimate of drug-likeness (QED) is 0.680. The molecule has 1 aliphatic heterocycles. The van der Waals surface area contributed by atoms with Gasteiger partial charge in [-0.05, 0) is 5.41 Å². The molecule has 1 rings (SSSR count). The predicted molar refractivity (Wildman–Crippen MR) is 47.7 cm³/mol. The molecule has 0 bridgehead atoms. The van der Waals surface area contributed by atoms with Gasteiger partial charge in [-0.2, -0.15) is 0 Å². The van der Waals surface area contributed by atoms with E-state index < -0.39 is 0 Å². The fourth-order valence-corrected chi connectivity index (χ4v) is 1.10. The second-order valence-corrected chi connectivity index (χ2v) is 4.38. The first-order valence-electron chi connectivity index (χ1n) is 4.49. The minimum Gasteiger partial charge on any atom is -0.350 e. The molecule has 1 fully saturated rings. The maximum absolute atomic E-state index is 5.97. The van der Waals surface area contributed by atoms with Gasteiger partial charge in [0.15, 0.2) is 6.29 Å². The van der Waals surface area contributed by atoms with Crippen molar-refractivity contribution in [2.24, 2.45) is 11.1 Å². The number of hydrogen-bond acceptors (Lipinski definition) is 3. The van der Waals surface area contributed by atoms with Crippen LogP contribution < -0.4 is 5.73 Å². The van der Waals surface area contributed by atoms with Gasteiger partial charge in [0, 0.05) is 12.5 Å². The molecule has 0 aromatic heterocycles. The monoisotopic (exact) mass is 173 g/mol. The average Bonchev–Trinajstić information content (AvgIpc) is 2.37. The molecule has 0 aromatic carbocycles. The molecule has 0 aromatic rings. The molecular formula is C9H19NO2. The van der Waals surface area contributed by atoms with Crippen LogP contribution in [-0.2, 0) is 9.47 Å². The first kappa shape index (κ1) is 9.96. The summed E-state index contributed by atoms with van der Waals surface area (Å²) in [6.07, 6.45) is 0.725. The van der Waals surface area contributed by atoms with Crippen molar-refractivity contribution in [3.63, 3.8) is 0 Å². The molecule has 1 aliphatic rings. The van der Waals surface area contributed by atoms with E-state index in [0.717, 1.165) is 6.42 Å². The Kier molecular flexibility index (Phi) is 3.09. The van der Waals surface area contributed by atoms with Crippen molar-refractivity contribution in [1.82, 2.24) is 0 Å². The number of rotatable bonds is 2. The van der Waals surface area contributed by atoms with Gasteiger partial charge in [0.2, 0.25) is 0 Å². The van der Waals surface area contributed by atoms with Crippen molar-refractivity contribution in [3.05, 3.63) is 0 Å². The predicted octanol–water partition coefficient (Wildman–Crippen LogP) is 1.12. The molecule has 72 valence electrons. The van der Waals surface area contributed by atoms with Crippen LogP contribution in [0.4, 0.5) is 0 Å². The standard InChI is InChI=1S/C9H19NO2/c1-9(2,3)7(10)6-8-11-4-5-12-8/h7-8H,4-6,10H2,1-3H3. The van der Waals surface area contributed by atoms with Crippen molar-refractivity contribution in [3.8, 4) is 0 Å². The summed E-state index contributed by atoms with van der Waals surface area (Å²) in [6, 6.07) is 0.139. The van der Waals surface area contributed by atoms with E-state index in [1.54, 1.807) is 0 Å². The Bertz CT molecular complexity index is 136. The van der Waals surface area contributed by atoms with E-state index in [9.17, 15) is 0 Å². The molecule has 12 heavy (non-hydrogen) atoms. The summed E-state index contributed by atoms with van der Waals surface area (Å²) >= 11 is 0. The molecule has 3 nitrogen and oxygen atoms in total. The Morgan fingerprint density at radius 1 is 1.33 bits per heavy atom. The maximum atomic E-state index is 5.97. The van der Waals surface area contributed by atoms with Crippen LogP contribution in [0.5, 0.6) is 0 Å². The summed E-state index contributed by atoms with van der Waals surface area (Å²) in [5.74, 6) is 0. The highest BCUT2D eigenvalue weighted by atomic mass is 16.7. The highest BCUT2D eigenvalue weighted by Gasteiger charge is 2.26. The lowest BCUT2D eigenvalue weighted by Crippen LogP contribution is -2.38. The molecule has 0 amide bonds. The molecule has 0 radical (unpaired) electrons. The van der Waals surface area contributed by atoms with Crippen molar-refractivity contribution >= 4 is 0 Å². The van der Waals surface area contributed by atoms with E-state index in [1.807, 2.05) is 0 Å². The third kappa shape index (κ3) is 2.73. The summed E-state index contributed by atoms with van der Waals surface area (Å²) in [7, 11) is 0. The molecule has 3 heteroatoms. The third-order valence-corrected chi connectivity index (χ3v) is 2.25. The summed E-state index contributed by atoms with van der Waals surface area (Å²) in [4.78, 5) is 0. The Morgan fingerprint density at radius 3 is 2.25 bits per heavy atom. The highest BCUT2D eigenvalue weighted by Crippen LogP contribution is 2.23. The second-order valence-electron chi connectivity index (χ2n) is 4.38. The third-order valence-electron chi connectivity index (χ3n) is 2.25. The van der Waals surface area contributed by atoms with Gasteiger partial charge in [-0.25, -0.2) is 0 Å². The van der Waals surface area contributed by atoms with Crippen LogP contribution in [0.1, 0.15) is 27.2 Å². The van der Waals surface area contributed by atoms with Crippen LogP contribution in [0.3, 0.4) is 0 Å². The van der Waals surface area contributed by atoms with E-state index in [4.69, 9.17) is 15.2 Å². The van der Waals surface area contributed by atoms with Crippen LogP contribution in [0.15, 0.2) is 0 Å². The number of hydrogen-bond donors (Lipinski definition) is 1. The molecule has 1 saturated heterocycles. The largest absolute Gasteiger partial charge is 0.350 e. The van der Waals surface area contributed by atoms with Gasteiger partial charge in [-0.15, -0.1) is 0 Å². The smallest absolute Gasteiger partial charge is 0.159 e. The normalized spacial score (nSPS) is 23.0. The molecule has 2 N–H and O–H groups in total. The lowest BCUT2D eigenvalue weighted by Gasteiger charge is -2.28. The minimum absolute atomic E-state index is 0.0702. The lowest BCUT2D eigenvalue weighted by molar-refractivity contribution is -0.0567. The van der Waals surface area contributed by atoms with Crippen molar-refractivity contribution in [2.45, 2.75) is 39.5 Å². The van der Waals surface area contributed by atoms with Gasteiger partial charge in [0.25, 0.3) is 0 Å². The van der Waals surface area contributed by atoms with E-state index in [2.05, 4.69) is 20.8 Å². The van der Waals surface area contributed by atoms with Crippen LogP contribution in [0, 0.1) is 5.41 Å². The fraction of sp³-hybridized carbons (Fsp3) is 1.00. The molecule has 0 aliphatic carbocycles. The van der Waals surface area contributed by atoms with Crippen molar-refractivity contribution < 1.29 is 9.47 Å². The summed E-state index contributed by atoms with van der Waals surface area (Å²) in [5, 5.41) is 0. The summed E-state index contributed by atoms with van der Waals surface area (Å²) in [6.45, 7) is 7.81. The topological polar surface area (TPSA) is 44.5 Å². The van der Waals surface area contributed by atoms with Gasteiger partial charge in [0.05, 0.1) is 13.2 Å². The van der Waals surface area contributed by atoms with Crippen LogP contribution in [-0.4, -0.2) is 25.5 Å². The number of nitrogens with two attached hydrogens (primary N) is 1. The minimum atomic E-state index is -0.0702. The maximum Gasteiger partial charge on any atom is 0.159 e. The van der Waals surface area contributed by atoms with Gasteiger partial charge < -0.3 is 15.2 Å². The van der Waals surface area contributed by atoms with Crippen LogP contribution in [0.25, 0.3) is 0 Å². The molecule has 1 atom stereocenters. The zero-order chi connectivity index (χ0) is 9.19. The van der Waals surface area contributed by atoms with Crippen LogP contribution >= 0.6 is 0 Å². The summed E-state index contributed by atoms with van der Waals surface area (Å²) in [5.41, 5.74) is 6.10. The van der Waals surface area contributed by atoms with Crippen molar-refractivity contribution in [2.75, 3.05) is 13.2 Å². The van der Waals surface area contributed by atoms with Crippen molar-refractivity contribution in [1.29, 1.82) is 0 Å². The van der Waals surface area contributed by atoms with E-state index in [1.165, 1.54) is 0 Å². The van der Waals surface area contributed by atoms with E-state index >= 15 is 0 Å². The second kappa shape index (κ2) is 3.73. The first-order chi connectivity index (χ1) is 5.50. The Morgan fingerprint density at radius 2 is 1.83 bits per heavy atom. The van der Waals surface area contributed by atoms with Gasteiger partial charge in [-0.3, -0.25) is 0 Å². The Hall–Kier alpha value is -0.120. The van der Waals surface area contributed by atoms with E-state index in [0.29, 0.717) is 13.2 Å². The molecule has 0 saturated carbocycles. The SMILES string of the molecule is CC(C)(C)C(N)CC1OCCO1. The highest BCUT2D eigenvalue weighted by molar-refractivity contribution is 4.78. The lowest BCUT2D eigenvalue weighted by atomic mass is 9.85. The summed E-state index contributed by atoms with van der Waals surface area (Å²) < 4.78 is 10.6.